The highest BCUT2D eigenvalue weighted by Gasteiger charge is 2.21. The first-order valence-corrected chi connectivity index (χ1v) is 11.4. The zero-order valence-electron chi connectivity index (χ0n) is 16.3. The Morgan fingerprint density at radius 3 is 2.55 bits per heavy atom. The van der Waals surface area contributed by atoms with Gasteiger partial charge < -0.3 is 4.90 Å². The van der Waals surface area contributed by atoms with Crippen molar-refractivity contribution in [3.63, 3.8) is 0 Å². The second kappa shape index (κ2) is 9.61. The molecule has 1 amide bonds. The van der Waals surface area contributed by atoms with Gasteiger partial charge in [-0.25, -0.2) is 0 Å². The molecular formula is C23H24ClN3OS. The molecule has 2 aromatic carbocycles. The molecule has 150 valence electrons. The fraction of sp³-hybridized carbons (Fsp3) is 0.304. The van der Waals surface area contributed by atoms with E-state index in [-0.39, 0.29) is 5.91 Å². The molecule has 0 atom stereocenters. The number of halogens is 1. The fourth-order valence-corrected chi connectivity index (χ4v) is 4.63. The maximum Gasteiger partial charge on any atom is 0.232 e. The fourth-order valence-electron chi connectivity index (χ4n) is 3.62. The zero-order chi connectivity index (χ0) is 20.1. The van der Waals surface area contributed by atoms with Gasteiger partial charge in [0.05, 0.1) is 11.3 Å². The van der Waals surface area contributed by atoms with Crippen molar-refractivity contribution in [2.45, 2.75) is 12.3 Å². The Kier molecular flexibility index (Phi) is 6.70. The van der Waals surface area contributed by atoms with E-state index in [2.05, 4.69) is 34.1 Å². The number of hydrogen-bond acceptors (Lipinski definition) is 4. The number of carbonyl (C=O) groups excluding carboxylic acids is 1. The highest BCUT2D eigenvalue weighted by atomic mass is 35.5. The third-order valence-electron chi connectivity index (χ3n) is 5.24. The van der Waals surface area contributed by atoms with E-state index in [1.54, 1.807) is 11.8 Å². The molecule has 0 saturated carbocycles. The second-order valence-corrected chi connectivity index (χ2v) is 8.69. The topological polar surface area (TPSA) is 36.4 Å². The highest BCUT2D eigenvalue weighted by Crippen LogP contribution is 2.19. The molecule has 6 heteroatoms. The molecule has 0 radical (unpaired) electrons. The number of piperazine rings is 1. The Hall–Kier alpha value is -2.08. The summed E-state index contributed by atoms with van der Waals surface area (Å²) in [5, 5.41) is 1.92. The smallest absolute Gasteiger partial charge is 0.232 e. The molecule has 0 bridgehead atoms. The molecule has 1 aliphatic rings. The van der Waals surface area contributed by atoms with Gasteiger partial charge >= 0.3 is 0 Å². The van der Waals surface area contributed by atoms with Crippen molar-refractivity contribution < 1.29 is 4.79 Å². The van der Waals surface area contributed by atoms with Gasteiger partial charge in [-0.3, -0.25) is 14.7 Å². The maximum absolute atomic E-state index is 12.5. The van der Waals surface area contributed by atoms with Gasteiger partial charge in [0.15, 0.2) is 0 Å². The number of aromatic nitrogens is 1. The summed E-state index contributed by atoms with van der Waals surface area (Å²) in [6.07, 6.45) is 1.85. The number of benzene rings is 2. The van der Waals surface area contributed by atoms with Crippen LogP contribution in [0.2, 0.25) is 5.02 Å². The number of hydrogen-bond donors (Lipinski definition) is 0. The quantitative estimate of drug-likeness (QED) is 0.584. The van der Waals surface area contributed by atoms with E-state index in [0.29, 0.717) is 5.75 Å². The summed E-state index contributed by atoms with van der Waals surface area (Å²) >= 11 is 7.58. The third-order valence-corrected chi connectivity index (χ3v) is 6.48. The van der Waals surface area contributed by atoms with Crippen molar-refractivity contribution >= 4 is 40.2 Å². The van der Waals surface area contributed by atoms with Crippen LogP contribution in [0.1, 0.15) is 11.1 Å². The number of rotatable bonds is 6. The van der Waals surface area contributed by atoms with Gasteiger partial charge in [-0.2, -0.15) is 0 Å². The number of fused-ring (bicyclic) bond motifs is 1. The number of thioether (sulfide) groups is 1. The van der Waals surface area contributed by atoms with Crippen LogP contribution in [0, 0.1) is 0 Å². The summed E-state index contributed by atoms with van der Waals surface area (Å²) in [5.74, 6) is 1.59. The Balaban J connectivity index is 1.24. The minimum Gasteiger partial charge on any atom is -0.339 e. The monoisotopic (exact) mass is 425 g/mol. The molecule has 1 aromatic heterocycles. The molecule has 0 N–H and O–H groups in total. The molecule has 0 unspecified atom stereocenters. The average molecular weight is 426 g/mol. The Labute approximate surface area is 180 Å². The van der Waals surface area contributed by atoms with Crippen LogP contribution in [0.25, 0.3) is 10.9 Å². The van der Waals surface area contributed by atoms with E-state index in [1.807, 2.05) is 41.4 Å². The van der Waals surface area contributed by atoms with E-state index < -0.39 is 0 Å². The molecule has 1 saturated heterocycles. The molecule has 4 nitrogen and oxygen atoms in total. The molecular weight excluding hydrogens is 402 g/mol. The number of nitrogens with zero attached hydrogens (tertiary/aromatic N) is 3. The molecule has 4 rings (SSSR count). The van der Waals surface area contributed by atoms with Gasteiger partial charge in [-0.1, -0.05) is 48.0 Å². The first-order chi connectivity index (χ1) is 14.2. The maximum atomic E-state index is 12.5. The Morgan fingerprint density at radius 2 is 1.76 bits per heavy atom. The molecule has 2 heterocycles. The standard InChI is InChI=1S/C23H24ClN3OS/c24-21-8-6-18(7-9-21)16-29-17-22(28)27-13-11-26(12-14-27)15-20-4-1-3-19-5-2-10-25-23(19)20/h1-10H,11-17H2. The largest absolute Gasteiger partial charge is 0.339 e. The highest BCUT2D eigenvalue weighted by molar-refractivity contribution is 7.99. The number of para-hydroxylation sites is 1. The minimum absolute atomic E-state index is 0.232. The lowest BCUT2D eigenvalue weighted by Gasteiger charge is -2.34. The van der Waals surface area contributed by atoms with Gasteiger partial charge in [-0.15, -0.1) is 11.8 Å². The lowest BCUT2D eigenvalue weighted by Crippen LogP contribution is -2.48. The number of carbonyl (C=O) groups is 1. The normalized spacial score (nSPS) is 15.0. The predicted molar refractivity (Wildman–Crippen MR) is 121 cm³/mol. The van der Waals surface area contributed by atoms with Gasteiger partial charge in [-0.05, 0) is 29.3 Å². The lowest BCUT2D eigenvalue weighted by molar-refractivity contribution is -0.130. The van der Waals surface area contributed by atoms with E-state index >= 15 is 0 Å². The number of amides is 1. The van der Waals surface area contributed by atoms with Crippen molar-refractivity contribution in [3.05, 3.63) is 76.9 Å². The average Bonchev–Trinajstić information content (AvgIpc) is 2.76. The number of pyridine rings is 1. The van der Waals surface area contributed by atoms with Crippen LogP contribution >= 0.6 is 23.4 Å². The van der Waals surface area contributed by atoms with Gasteiger partial charge in [0, 0.05) is 55.1 Å². The van der Waals surface area contributed by atoms with Crippen molar-refractivity contribution in [2.24, 2.45) is 0 Å². The molecule has 0 aliphatic carbocycles. The molecule has 1 aliphatic heterocycles. The summed E-state index contributed by atoms with van der Waals surface area (Å²) in [5.41, 5.74) is 3.52. The summed E-state index contributed by atoms with van der Waals surface area (Å²) in [4.78, 5) is 21.5. The van der Waals surface area contributed by atoms with Crippen LogP contribution in [0.5, 0.6) is 0 Å². The summed E-state index contributed by atoms with van der Waals surface area (Å²) in [6.45, 7) is 4.26. The lowest BCUT2D eigenvalue weighted by atomic mass is 10.1. The van der Waals surface area contributed by atoms with Crippen molar-refractivity contribution in [3.8, 4) is 0 Å². The first kappa shape index (κ1) is 20.2. The van der Waals surface area contributed by atoms with E-state index in [0.717, 1.165) is 49.0 Å². The molecule has 0 spiro atoms. The van der Waals surface area contributed by atoms with Crippen molar-refractivity contribution in [2.75, 3.05) is 31.9 Å². The predicted octanol–water partition coefficient (Wildman–Crippen LogP) is 4.47. The van der Waals surface area contributed by atoms with Crippen LogP contribution in [0.3, 0.4) is 0 Å². The van der Waals surface area contributed by atoms with E-state index in [1.165, 1.54) is 16.5 Å². The van der Waals surface area contributed by atoms with Crippen LogP contribution in [0.15, 0.2) is 60.8 Å². The van der Waals surface area contributed by atoms with Gasteiger partial charge in [0.1, 0.15) is 0 Å². The third kappa shape index (κ3) is 5.30. The Morgan fingerprint density at radius 1 is 1.00 bits per heavy atom. The SMILES string of the molecule is O=C(CSCc1ccc(Cl)cc1)N1CCN(Cc2cccc3cccnc23)CC1. The summed E-state index contributed by atoms with van der Waals surface area (Å²) in [6, 6.07) is 18.2. The second-order valence-electron chi connectivity index (χ2n) is 7.27. The van der Waals surface area contributed by atoms with Crippen LogP contribution in [-0.4, -0.2) is 52.6 Å². The molecule has 3 aromatic rings. The first-order valence-electron chi connectivity index (χ1n) is 9.84. The Bertz CT molecular complexity index is 966. The minimum atomic E-state index is 0.232. The zero-order valence-corrected chi connectivity index (χ0v) is 17.8. The van der Waals surface area contributed by atoms with Crippen LogP contribution in [-0.2, 0) is 17.1 Å². The van der Waals surface area contributed by atoms with Crippen molar-refractivity contribution in [1.82, 2.24) is 14.8 Å². The summed E-state index contributed by atoms with van der Waals surface area (Å²) < 4.78 is 0. The van der Waals surface area contributed by atoms with Crippen molar-refractivity contribution in [1.29, 1.82) is 0 Å². The molecule has 1 fully saturated rings. The van der Waals surface area contributed by atoms with E-state index in [9.17, 15) is 4.79 Å². The van der Waals surface area contributed by atoms with Gasteiger partial charge in [0.25, 0.3) is 0 Å². The molecule has 29 heavy (non-hydrogen) atoms. The van der Waals surface area contributed by atoms with Gasteiger partial charge in [0.2, 0.25) is 5.91 Å². The van der Waals surface area contributed by atoms with E-state index in [4.69, 9.17) is 11.6 Å². The summed E-state index contributed by atoms with van der Waals surface area (Å²) in [7, 11) is 0. The van der Waals surface area contributed by atoms with Crippen LogP contribution < -0.4 is 0 Å². The van der Waals surface area contributed by atoms with Crippen LogP contribution in [0.4, 0.5) is 0 Å².